The van der Waals surface area contributed by atoms with Gasteiger partial charge in [0, 0.05) is 0 Å². The Labute approximate surface area is 146 Å². The molecule has 1 aromatic rings. The predicted octanol–water partition coefficient (Wildman–Crippen LogP) is 0.203. The molecule has 1 rings (SSSR count). The standard InChI is InChI=1S/C15H15N3O4S2/c1-15(2,3)18-11-10(8(6-16)12(19)21-4)23-14(24-11)9(7-17)13(20)22-5/h1-5H3/b10-8-,14-9?,18-11?. The summed E-state index contributed by atoms with van der Waals surface area (Å²) in [4.78, 5) is 28.0. The number of ether oxygens (including phenoxy) is 2. The molecule has 0 saturated carbocycles. The Kier molecular flexibility index (Phi) is 6.41. The van der Waals surface area contributed by atoms with Crippen LogP contribution in [0, 0.1) is 22.7 Å². The quantitative estimate of drug-likeness (QED) is 0.692. The van der Waals surface area contributed by atoms with E-state index in [0.29, 0.717) is 8.52 Å². The van der Waals surface area contributed by atoms with Crippen molar-refractivity contribution in [2.75, 3.05) is 14.2 Å². The fraction of sp³-hybridized carbons (Fsp3) is 0.400. The van der Waals surface area contributed by atoms with Crippen LogP contribution in [0.5, 0.6) is 0 Å². The van der Waals surface area contributed by atoms with Crippen molar-refractivity contribution in [3.63, 3.8) is 0 Å². The van der Waals surface area contributed by atoms with Crippen LogP contribution in [0.1, 0.15) is 20.8 Å². The van der Waals surface area contributed by atoms with E-state index in [1.165, 1.54) is 14.2 Å². The third-order valence-corrected chi connectivity index (χ3v) is 4.95. The SMILES string of the molecule is COC(=O)C(C#N)=c1sc(=NC(C)(C)C)/c(=C(\C#N)C(=O)OC)s1. The zero-order valence-electron chi connectivity index (χ0n) is 13.8. The summed E-state index contributed by atoms with van der Waals surface area (Å²) in [7, 11) is 2.33. The van der Waals surface area contributed by atoms with Gasteiger partial charge in [-0.05, 0) is 20.8 Å². The minimum Gasteiger partial charge on any atom is -0.465 e. The monoisotopic (exact) mass is 365 g/mol. The highest BCUT2D eigenvalue weighted by atomic mass is 32.2. The molecular weight excluding hydrogens is 350 g/mol. The molecule has 1 aromatic heterocycles. The molecule has 0 aromatic carbocycles. The fourth-order valence-electron chi connectivity index (χ4n) is 1.50. The van der Waals surface area contributed by atoms with Gasteiger partial charge in [-0.3, -0.25) is 4.99 Å². The lowest BCUT2D eigenvalue weighted by atomic mass is 10.1. The molecule has 7 nitrogen and oxygen atoms in total. The number of carbonyl (C=O) groups is 2. The summed E-state index contributed by atoms with van der Waals surface area (Å²) >= 11 is 2.00. The average molecular weight is 365 g/mol. The van der Waals surface area contributed by atoms with Crippen molar-refractivity contribution in [3.8, 4) is 12.1 Å². The van der Waals surface area contributed by atoms with Crippen LogP contribution >= 0.6 is 22.7 Å². The van der Waals surface area contributed by atoms with Crippen LogP contribution in [-0.2, 0) is 19.1 Å². The van der Waals surface area contributed by atoms with E-state index in [4.69, 9.17) is 0 Å². The second kappa shape index (κ2) is 7.86. The molecular formula is C15H15N3O4S2. The highest BCUT2D eigenvalue weighted by molar-refractivity contribution is 7.25. The van der Waals surface area contributed by atoms with Crippen LogP contribution in [0.2, 0.25) is 0 Å². The van der Waals surface area contributed by atoms with Gasteiger partial charge >= 0.3 is 11.9 Å². The number of nitrogens with zero attached hydrogens (tertiary/aromatic N) is 3. The number of rotatable bonds is 2. The first-order valence-corrected chi connectivity index (χ1v) is 8.23. The number of carbonyl (C=O) groups excluding carboxylic acids is 2. The molecule has 0 aliphatic carbocycles. The van der Waals surface area contributed by atoms with Crippen LogP contribution in [0.3, 0.4) is 0 Å². The summed E-state index contributed by atoms with van der Waals surface area (Å²) in [5, 5.41) is 18.5. The van der Waals surface area contributed by atoms with Crippen molar-refractivity contribution < 1.29 is 19.1 Å². The summed E-state index contributed by atoms with van der Waals surface area (Å²) in [6.07, 6.45) is 0. The van der Waals surface area contributed by atoms with Crippen molar-refractivity contribution in [1.82, 2.24) is 0 Å². The topological polar surface area (TPSA) is 113 Å². The first-order chi connectivity index (χ1) is 11.2. The van der Waals surface area contributed by atoms with Gasteiger partial charge in [-0.25, -0.2) is 9.59 Å². The second-order valence-electron chi connectivity index (χ2n) is 5.37. The van der Waals surface area contributed by atoms with Crippen LogP contribution in [0.25, 0.3) is 11.1 Å². The molecule has 0 saturated heterocycles. The predicted molar refractivity (Wildman–Crippen MR) is 88.8 cm³/mol. The number of esters is 2. The minimum atomic E-state index is -0.806. The summed E-state index contributed by atoms with van der Waals surface area (Å²) in [6.45, 7) is 5.54. The lowest BCUT2D eigenvalue weighted by Gasteiger charge is -2.09. The molecule has 0 aliphatic rings. The molecule has 0 aliphatic heterocycles. The minimum absolute atomic E-state index is 0.203. The average Bonchev–Trinajstić information content (AvgIpc) is 2.89. The second-order valence-corrected chi connectivity index (χ2v) is 7.64. The zero-order valence-corrected chi connectivity index (χ0v) is 15.4. The van der Waals surface area contributed by atoms with Gasteiger partial charge in [-0.2, -0.15) is 10.5 Å². The molecule has 0 radical (unpaired) electrons. The van der Waals surface area contributed by atoms with Crippen LogP contribution in [0.15, 0.2) is 4.99 Å². The number of methoxy groups -OCH3 is 2. The summed E-state index contributed by atoms with van der Waals surface area (Å²) in [5.41, 5.74) is -0.917. The molecule has 0 bridgehead atoms. The van der Waals surface area contributed by atoms with Gasteiger partial charge in [0.05, 0.1) is 24.3 Å². The highest BCUT2D eigenvalue weighted by Gasteiger charge is 2.18. The van der Waals surface area contributed by atoms with Gasteiger partial charge < -0.3 is 9.47 Å². The number of hydrogen-bond donors (Lipinski definition) is 0. The molecule has 9 heteroatoms. The normalized spacial score (nSPS) is 14.2. The summed E-state index contributed by atoms with van der Waals surface area (Å²) < 4.78 is 10.1. The fourth-order valence-corrected chi connectivity index (χ4v) is 4.10. The molecule has 126 valence electrons. The van der Waals surface area contributed by atoms with Crippen LogP contribution in [0.4, 0.5) is 0 Å². The Bertz CT molecular complexity index is 934. The van der Waals surface area contributed by atoms with Gasteiger partial charge in [0.15, 0.2) is 11.1 Å². The van der Waals surface area contributed by atoms with Gasteiger partial charge in [0.25, 0.3) is 0 Å². The Balaban J connectivity index is 4.10. The molecule has 1 heterocycles. The van der Waals surface area contributed by atoms with Gasteiger partial charge in [-0.1, -0.05) is 0 Å². The van der Waals surface area contributed by atoms with Crippen LogP contribution < -0.4 is 13.0 Å². The summed E-state index contributed by atoms with van der Waals surface area (Å²) in [5.74, 6) is -1.60. The third-order valence-electron chi connectivity index (χ3n) is 2.45. The van der Waals surface area contributed by atoms with Crippen molar-refractivity contribution in [2.24, 2.45) is 4.99 Å². The van der Waals surface area contributed by atoms with Crippen molar-refractivity contribution in [1.29, 1.82) is 10.5 Å². The van der Waals surface area contributed by atoms with E-state index in [0.717, 1.165) is 22.7 Å². The molecule has 0 fully saturated rings. The van der Waals surface area contributed by atoms with Crippen molar-refractivity contribution in [2.45, 2.75) is 26.3 Å². The van der Waals surface area contributed by atoms with Gasteiger partial charge in [-0.15, -0.1) is 22.7 Å². The first kappa shape index (κ1) is 19.6. The summed E-state index contributed by atoms with van der Waals surface area (Å²) in [6, 6.07) is 3.59. The molecule has 0 spiro atoms. The Morgan fingerprint density at radius 1 is 1.00 bits per heavy atom. The van der Waals surface area contributed by atoms with E-state index < -0.39 is 17.5 Å². The highest BCUT2D eigenvalue weighted by Crippen LogP contribution is 2.06. The third kappa shape index (κ3) is 4.51. The Hall–Kier alpha value is -2.49. The molecule has 0 amide bonds. The molecule has 0 unspecified atom stereocenters. The van der Waals surface area contributed by atoms with Crippen molar-refractivity contribution >= 4 is 45.8 Å². The lowest BCUT2D eigenvalue weighted by Crippen LogP contribution is -2.27. The number of hydrogen-bond acceptors (Lipinski definition) is 9. The maximum absolute atomic E-state index is 11.8. The van der Waals surface area contributed by atoms with E-state index in [1.807, 2.05) is 20.8 Å². The maximum atomic E-state index is 11.8. The zero-order chi connectivity index (χ0) is 18.5. The maximum Gasteiger partial charge on any atom is 0.350 e. The number of nitriles is 2. The van der Waals surface area contributed by atoms with E-state index >= 15 is 0 Å². The first-order valence-electron chi connectivity index (χ1n) is 6.59. The van der Waals surface area contributed by atoms with E-state index in [9.17, 15) is 20.1 Å². The Morgan fingerprint density at radius 3 is 1.92 bits per heavy atom. The van der Waals surface area contributed by atoms with Crippen molar-refractivity contribution in [3.05, 3.63) is 13.0 Å². The molecule has 0 N–H and O–H groups in total. The van der Waals surface area contributed by atoms with Crippen LogP contribution in [-0.4, -0.2) is 31.7 Å². The largest absolute Gasteiger partial charge is 0.465 e. The van der Waals surface area contributed by atoms with Gasteiger partial charge in [0.2, 0.25) is 0 Å². The van der Waals surface area contributed by atoms with E-state index in [2.05, 4.69) is 14.5 Å². The van der Waals surface area contributed by atoms with E-state index in [1.54, 1.807) is 12.1 Å². The molecule has 0 atom stereocenters. The van der Waals surface area contributed by atoms with Gasteiger partial charge in [0.1, 0.15) is 20.7 Å². The molecule has 24 heavy (non-hydrogen) atoms. The Morgan fingerprint density at radius 2 is 1.50 bits per heavy atom. The van der Waals surface area contributed by atoms with E-state index in [-0.39, 0.29) is 15.7 Å². The lowest BCUT2D eigenvalue weighted by molar-refractivity contribution is -0.134. The smallest absolute Gasteiger partial charge is 0.350 e.